The van der Waals surface area contributed by atoms with E-state index < -0.39 is 65.1 Å². The monoisotopic (exact) mass is 555 g/mol. The van der Waals surface area contributed by atoms with Crippen LogP contribution >= 0.6 is 0 Å². The second-order valence-electron chi connectivity index (χ2n) is 10.1. The normalized spacial score (nSPS) is 30.3. The van der Waals surface area contributed by atoms with Crippen LogP contribution in [0.2, 0.25) is 0 Å². The number of sulfone groups is 1. The summed E-state index contributed by atoms with van der Waals surface area (Å²) in [6.45, 7) is 0.880. The number of carbonyl (C=O) groups is 2. The first-order valence-corrected chi connectivity index (χ1v) is 14.2. The highest BCUT2D eigenvalue weighted by molar-refractivity contribution is 7.95. The van der Waals surface area contributed by atoms with Crippen LogP contribution in [0.5, 0.6) is 0 Å². The zero-order valence-electron chi connectivity index (χ0n) is 19.0. The molecule has 0 aromatic rings. The molecular formula is C20H27F6NO6S2. The molecule has 0 amide bonds. The molecule has 4 fully saturated rings. The standard InChI is InChI=1S/C20H27F6NO6S2/c1-3-4-27-35(32,33)20(25,26)18(21,22)19(23,24)34(30,31)15(11(2)28)16(29)17-8-12-5-13(9-17)7-14(6-12)10-17/h12-15,27H,3-10H2,1-2H3. The van der Waals surface area contributed by atoms with Crippen LogP contribution in [-0.4, -0.2) is 56.6 Å². The predicted molar refractivity (Wildman–Crippen MR) is 111 cm³/mol. The van der Waals surface area contributed by atoms with Gasteiger partial charge in [0.1, 0.15) is 0 Å². The summed E-state index contributed by atoms with van der Waals surface area (Å²) in [5, 5.41) is -16.7. The van der Waals surface area contributed by atoms with Gasteiger partial charge in [-0.25, -0.2) is 21.6 Å². The number of rotatable bonds is 11. The van der Waals surface area contributed by atoms with Crippen molar-refractivity contribution in [1.82, 2.24) is 4.72 Å². The van der Waals surface area contributed by atoms with E-state index in [1.54, 1.807) is 0 Å². The highest BCUT2D eigenvalue weighted by Crippen LogP contribution is 2.61. The van der Waals surface area contributed by atoms with E-state index in [4.69, 9.17) is 0 Å². The van der Waals surface area contributed by atoms with Crippen LogP contribution in [0.15, 0.2) is 0 Å². The van der Waals surface area contributed by atoms with Gasteiger partial charge >= 0.3 is 16.4 Å². The molecule has 4 saturated carbocycles. The van der Waals surface area contributed by atoms with Crippen LogP contribution in [0, 0.1) is 23.2 Å². The number of hydrogen-bond donors (Lipinski definition) is 1. The average molecular weight is 556 g/mol. The molecule has 0 radical (unpaired) electrons. The zero-order valence-corrected chi connectivity index (χ0v) is 20.6. The Kier molecular flexibility index (Phi) is 7.03. The quantitative estimate of drug-likeness (QED) is 0.309. The first kappa shape index (κ1) is 28.4. The lowest BCUT2D eigenvalue weighted by Crippen LogP contribution is -2.66. The molecule has 4 rings (SSSR count). The van der Waals surface area contributed by atoms with Gasteiger partial charge < -0.3 is 0 Å². The van der Waals surface area contributed by atoms with Crippen molar-refractivity contribution >= 4 is 31.4 Å². The Hall–Kier alpha value is -1.22. The van der Waals surface area contributed by atoms with Gasteiger partial charge in [0, 0.05) is 12.0 Å². The topological polar surface area (TPSA) is 114 Å². The summed E-state index contributed by atoms with van der Waals surface area (Å²) >= 11 is 0. The van der Waals surface area contributed by atoms with E-state index in [2.05, 4.69) is 0 Å². The largest absolute Gasteiger partial charge is 0.428 e. The summed E-state index contributed by atoms with van der Waals surface area (Å²) in [6.07, 6.45) is 2.29. The Labute approximate surface area is 199 Å². The van der Waals surface area contributed by atoms with Crippen molar-refractivity contribution in [2.75, 3.05) is 6.54 Å². The summed E-state index contributed by atoms with van der Waals surface area (Å²) in [5.74, 6) is -10.3. The molecule has 4 aliphatic carbocycles. The van der Waals surface area contributed by atoms with Crippen LogP contribution in [0.1, 0.15) is 58.8 Å². The van der Waals surface area contributed by atoms with Crippen LogP contribution in [-0.2, 0) is 29.4 Å². The number of carbonyl (C=O) groups excluding carboxylic acids is 2. The second kappa shape index (κ2) is 8.67. The lowest BCUT2D eigenvalue weighted by Gasteiger charge is -2.56. The maximum atomic E-state index is 14.9. The van der Waals surface area contributed by atoms with Crippen molar-refractivity contribution in [1.29, 1.82) is 0 Å². The Morgan fingerprint density at radius 1 is 0.886 bits per heavy atom. The molecule has 4 aliphatic rings. The number of Topliss-reactive ketones (excluding diaryl/α,β-unsaturated/α-hetero) is 2. The van der Waals surface area contributed by atoms with E-state index in [-0.39, 0.29) is 43.4 Å². The molecule has 202 valence electrons. The number of ketones is 2. The van der Waals surface area contributed by atoms with Crippen molar-refractivity contribution in [3.63, 3.8) is 0 Å². The van der Waals surface area contributed by atoms with E-state index in [1.807, 2.05) is 0 Å². The highest BCUT2D eigenvalue weighted by atomic mass is 32.2. The number of hydrogen-bond acceptors (Lipinski definition) is 6. The molecule has 4 bridgehead atoms. The van der Waals surface area contributed by atoms with Gasteiger partial charge in [0.05, 0.1) is 0 Å². The van der Waals surface area contributed by atoms with E-state index in [0.717, 1.165) is 24.0 Å². The minimum absolute atomic E-state index is 0.0263. The number of nitrogens with one attached hydrogen (secondary N) is 1. The van der Waals surface area contributed by atoms with Crippen molar-refractivity contribution < 1.29 is 52.8 Å². The Balaban J connectivity index is 2.04. The van der Waals surface area contributed by atoms with E-state index in [1.165, 1.54) is 6.92 Å². The molecular weight excluding hydrogens is 528 g/mol. The van der Waals surface area contributed by atoms with Gasteiger partial charge in [-0.15, -0.1) is 0 Å². The van der Waals surface area contributed by atoms with Crippen LogP contribution in [0.3, 0.4) is 0 Å². The number of alkyl halides is 6. The molecule has 0 saturated heterocycles. The van der Waals surface area contributed by atoms with E-state index in [9.17, 15) is 52.8 Å². The van der Waals surface area contributed by atoms with E-state index in [0.29, 0.717) is 6.92 Å². The fourth-order valence-corrected chi connectivity index (χ4v) is 9.16. The van der Waals surface area contributed by atoms with Gasteiger partial charge in [0.2, 0.25) is 9.84 Å². The smallest absolute Gasteiger partial charge is 0.298 e. The third-order valence-electron chi connectivity index (χ3n) is 7.45. The van der Waals surface area contributed by atoms with Gasteiger partial charge in [-0.1, -0.05) is 6.92 Å². The SMILES string of the molecule is CCCNS(=O)(=O)C(F)(F)C(F)(F)C(F)(F)S(=O)(=O)C(C(C)=O)C(=O)C12CC3CC(CC(C3)C1)C2. The summed E-state index contributed by atoms with van der Waals surface area (Å²) < 4.78 is 137. The maximum Gasteiger partial charge on any atom is 0.428 e. The van der Waals surface area contributed by atoms with Crippen LogP contribution < -0.4 is 4.72 Å². The Morgan fingerprint density at radius 3 is 1.69 bits per heavy atom. The van der Waals surface area contributed by atoms with Gasteiger partial charge in [0.15, 0.2) is 16.8 Å². The molecule has 1 atom stereocenters. The molecule has 15 heteroatoms. The molecule has 0 aromatic carbocycles. The lowest BCUT2D eigenvalue weighted by atomic mass is 9.48. The van der Waals surface area contributed by atoms with Crippen molar-refractivity contribution in [2.24, 2.45) is 23.2 Å². The molecule has 0 spiro atoms. The van der Waals surface area contributed by atoms with Gasteiger partial charge in [-0.2, -0.15) is 26.3 Å². The molecule has 7 nitrogen and oxygen atoms in total. The van der Waals surface area contributed by atoms with Crippen molar-refractivity contribution in [3.05, 3.63) is 0 Å². The molecule has 0 aromatic heterocycles. The van der Waals surface area contributed by atoms with Crippen molar-refractivity contribution in [2.45, 2.75) is 80.5 Å². The predicted octanol–water partition coefficient (Wildman–Crippen LogP) is 3.29. The fraction of sp³-hybridized carbons (Fsp3) is 0.900. The third kappa shape index (κ3) is 4.12. The van der Waals surface area contributed by atoms with Gasteiger partial charge in [-0.3, -0.25) is 9.59 Å². The zero-order chi connectivity index (χ0) is 26.8. The number of sulfonamides is 1. The second-order valence-corrected chi connectivity index (χ2v) is 14.0. The van der Waals surface area contributed by atoms with Gasteiger partial charge in [-0.05, 0) is 69.6 Å². The highest BCUT2D eigenvalue weighted by Gasteiger charge is 2.83. The van der Waals surface area contributed by atoms with E-state index >= 15 is 0 Å². The minimum Gasteiger partial charge on any atom is -0.298 e. The molecule has 1 unspecified atom stereocenters. The average Bonchev–Trinajstić information content (AvgIpc) is 2.70. The maximum absolute atomic E-state index is 14.9. The molecule has 0 aliphatic heterocycles. The van der Waals surface area contributed by atoms with Crippen molar-refractivity contribution in [3.8, 4) is 0 Å². The first-order valence-electron chi connectivity index (χ1n) is 11.2. The summed E-state index contributed by atoms with van der Waals surface area (Å²) in [7, 11) is -13.4. The lowest BCUT2D eigenvalue weighted by molar-refractivity contribution is -0.244. The molecule has 35 heavy (non-hydrogen) atoms. The van der Waals surface area contributed by atoms with Gasteiger partial charge in [0.25, 0.3) is 10.0 Å². The number of halogens is 6. The Morgan fingerprint density at radius 2 is 1.31 bits per heavy atom. The minimum atomic E-state index is -7.01. The molecule has 1 N–H and O–H groups in total. The first-order chi connectivity index (χ1) is 15.8. The fourth-order valence-electron chi connectivity index (χ4n) is 6.23. The summed E-state index contributed by atoms with van der Waals surface area (Å²) in [6, 6.07) is 0. The molecule has 0 heterocycles. The summed E-state index contributed by atoms with van der Waals surface area (Å²) in [4.78, 5) is 25.5. The van der Waals surface area contributed by atoms with Crippen LogP contribution in [0.4, 0.5) is 26.3 Å². The third-order valence-corrected chi connectivity index (χ3v) is 11.1. The van der Waals surface area contributed by atoms with Crippen LogP contribution in [0.25, 0.3) is 0 Å². The Bertz CT molecular complexity index is 1070. The summed E-state index contributed by atoms with van der Waals surface area (Å²) in [5.41, 5.74) is -1.51.